The van der Waals surface area contributed by atoms with Gasteiger partial charge in [0.2, 0.25) is 0 Å². The van der Waals surface area contributed by atoms with E-state index in [1.165, 1.54) is 12.3 Å². The van der Waals surface area contributed by atoms with Crippen molar-refractivity contribution >= 4 is 28.1 Å². The molecule has 0 heterocycles. The van der Waals surface area contributed by atoms with E-state index in [0.29, 0.717) is 11.3 Å². The van der Waals surface area contributed by atoms with Gasteiger partial charge in [0.15, 0.2) is 6.61 Å². The fourth-order valence-corrected chi connectivity index (χ4v) is 2.24. The molecule has 2 aromatic carbocycles. The SMILES string of the molecule is Cc1cccc(OCC(=O)N/N=C\c2cc(Br)ccc2O)c1C. The van der Waals surface area contributed by atoms with Crippen LogP contribution < -0.4 is 10.2 Å². The number of nitrogens with zero attached hydrogens (tertiary/aromatic N) is 1. The van der Waals surface area contributed by atoms with Gasteiger partial charge in [-0.2, -0.15) is 5.10 Å². The van der Waals surface area contributed by atoms with E-state index in [2.05, 4.69) is 26.5 Å². The molecule has 120 valence electrons. The second-order valence-corrected chi connectivity index (χ2v) is 5.90. The molecule has 1 amide bonds. The first kappa shape index (κ1) is 17.0. The lowest BCUT2D eigenvalue weighted by Gasteiger charge is -2.09. The maximum atomic E-state index is 11.7. The summed E-state index contributed by atoms with van der Waals surface area (Å²) in [6, 6.07) is 10.6. The van der Waals surface area contributed by atoms with Crippen LogP contribution in [0.25, 0.3) is 0 Å². The zero-order valence-electron chi connectivity index (χ0n) is 12.8. The van der Waals surface area contributed by atoms with Crippen LogP contribution in [0.5, 0.6) is 11.5 Å². The Morgan fingerprint density at radius 2 is 2.13 bits per heavy atom. The van der Waals surface area contributed by atoms with Crippen LogP contribution >= 0.6 is 15.9 Å². The third kappa shape index (κ3) is 4.82. The molecule has 0 fully saturated rings. The standard InChI is InChI=1S/C17H17BrN2O3/c1-11-4-3-5-16(12(11)2)23-10-17(22)20-19-9-13-8-14(18)6-7-15(13)21/h3-9,21H,10H2,1-2H3,(H,20,22)/b19-9-. The molecule has 0 bridgehead atoms. The largest absolute Gasteiger partial charge is 0.507 e. The minimum absolute atomic E-state index is 0.0813. The van der Waals surface area contributed by atoms with Crippen molar-refractivity contribution in [2.45, 2.75) is 13.8 Å². The molecule has 2 aromatic rings. The number of nitrogens with one attached hydrogen (secondary N) is 1. The van der Waals surface area contributed by atoms with Gasteiger partial charge in [0.1, 0.15) is 11.5 Å². The number of aromatic hydroxyl groups is 1. The van der Waals surface area contributed by atoms with Gasteiger partial charge >= 0.3 is 0 Å². The summed E-state index contributed by atoms with van der Waals surface area (Å²) in [4.78, 5) is 11.7. The zero-order valence-corrected chi connectivity index (χ0v) is 14.4. The highest BCUT2D eigenvalue weighted by Crippen LogP contribution is 2.21. The lowest BCUT2D eigenvalue weighted by atomic mass is 10.1. The predicted octanol–water partition coefficient (Wildman–Crippen LogP) is 3.30. The summed E-state index contributed by atoms with van der Waals surface area (Å²) < 4.78 is 6.29. The lowest BCUT2D eigenvalue weighted by molar-refractivity contribution is -0.123. The summed E-state index contributed by atoms with van der Waals surface area (Å²) in [5, 5.41) is 13.5. The number of hydrazone groups is 1. The Morgan fingerprint density at radius 1 is 1.35 bits per heavy atom. The number of amides is 1. The number of hydrogen-bond donors (Lipinski definition) is 2. The Kier molecular flexibility index (Phi) is 5.76. The normalized spacial score (nSPS) is 10.7. The van der Waals surface area contributed by atoms with Crippen molar-refractivity contribution in [3.63, 3.8) is 0 Å². The number of hydrogen-bond acceptors (Lipinski definition) is 4. The van der Waals surface area contributed by atoms with Gasteiger partial charge in [-0.15, -0.1) is 0 Å². The van der Waals surface area contributed by atoms with Crippen molar-refractivity contribution in [2.24, 2.45) is 5.10 Å². The van der Waals surface area contributed by atoms with E-state index in [9.17, 15) is 9.90 Å². The number of benzene rings is 2. The third-order valence-corrected chi connectivity index (χ3v) is 3.79. The van der Waals surface area contributed by atoms with E-state index in [1.807, 2.05) is 32.0 Å². The van der Waals surface area contributed by atoms with Gasteiger partial charge < -0.3 is 9.84 Å². The topological polar surface area (TPSA) is 70.9 Å². The molecule has 0 aliphatic heterocycles. The molecule has 23 heavy (non-hydrogen) atoms. The number of halogens is 1. The Bertz CT molecular complexity index is 745. The van der Waals surface area contributed by atoms with E-state index in [-0.39, 0.29) is 18.3 Å². The number of ether oxygens (including phenoxy) is 1. The summed E-state index contributed by atoms with van der Waals surface area (Å²) in [5.74, 6) is 0.378. The van der Waals surface area contributed by atoms with E-state index in [0.717, 1.165) is 15.6 Å². The van der Waals surface area contributed by atoms with Gasteiger partial charge in [-0.3, -0.25) is 4.79 Å². The number of rotatable bonds is 5. The highest BCUT2D eigenvalue weighted by molar-refractivity contribution is 9.10. The molecule has 0 saturated heterocycles. The molecule has 0 atom stereocenters. The average Bonchev–Trinajstić information content (AvgIpc) is 2.52. The van der Waals surface area contributed by atoms with Gasteiger partial charge in [0, 0.05) is 10.0 Å². The fraction of sp³-hybridized carbons (Fsp3) is 0.176. The Balaban J connectivity index is 1.89. The average molecular weight is 377 g/mol. The highest BCUT2D eigenvalue weighted by atomic mass is 79.9. The van der Waals surface area contributed by atoms with E-state index in [4.69, 9.17) is 4.74 Å². The number of phenolic OH excluding ortho intramolecular Hbond substituents is 1. The van der Waals surface area contributed by atoms with Gasteiger partial charge in [-0.25, -0.2) is 5.43 Å². The molecule has 0 radical (unpaired) electrons. The summed E-state index contributed by atoms with van der Waals surface area (Å²) in [6.45, 7) is 3.79. The maximum absolute atomic E-state index is 11.7. The molecule has 0 spiro atoms. The highest BCUT2D eigenvalue weighted by Gasteiger charge is 2.05. The van der Waals surface area contributed by atoms with Crippen LogP contribution in [-0.2, 0) is 4.79 Å². The molecule has 5 nitrogen and oxygen atoms in total. The predicted molar refractivity (Wildman–Crippen MR) is 93.0 cm³/mol. The van der Waals surface area contributed by atoms with Crippen LogP contribution in [0.3, 0.4) is 0 Å². The molecule has 2 N–H and O–H groups in total. The summed E-state index contributed by atoms with van der Waals surface area (Å²) in [6.07, 6.45) is 1.37. The molecular weight excluding hydrogens is 360 g/mol. The van der Waals surface area contributed by atoms with Gasteiger partial charge in [-0.1, -0.05) is 28.1 Å². The lowest BCUT2D eigenvalue weighted by Crippen LogP contribution is -2.24. The molecule has 0 unspecified atom stereocenters. The second kappa shape index (κ2) is 7.78. The molecular formula is C17H17BrN2O3. The number of carbonyl (C=O) groups excluding carboxylic acids is 1. The Labute approximate surface area is 143 Å². The van der Waals surface area contributed by atoms with Crippen LogP contribution in [0.2, 0.25) is 0 Å². The molecule has 0 aromatic heterocycles. The first-order valence-electron chi connectivity index (χ1n) is 6.97. The quantitative estimate of drug-likeness (QED) is 0.621. The van der Waals surface area contributed by atoms with Crippen LogP contribution in [0, 0.1) is 13.8 Å². The minimum Gasteiger partial charge on any atom is -0.507 e. The van der Waals surface area contributed by atoms with Crippen molar-refractivity contribution in [3.05, 3.63) is 57.6 Å². The number of carbonyl (C=O) groups is 1. The Hall–Kier alpha value is -2.34. The summed E-state index contributed by atoms with van der Waals surface area (Å²) >= 11 is 3.30. The molecule has 0 aliphatic rings. The van der Waals surface area contributed by atoms with Crippen molar-refractivity contribution in [1.29, 1.82) is 0 Å². The van der Waals surface area contributed by atoms with Crippen molar-refractivity contribution < 1.29 is 14.6 Å². The van der Waals surface area contributed by atoms with Crippen LogP contribution in [0.1, 0.15) is 16.7 Å². The Morgan fingerprint density at radius 3 is 2.91 bits per heavy atom. The maximum Gasteiger partial charge on any atom is 0.277 e. The van der Waals surface area contributed by atoms with Crippen LogP contribution in [0.4, 0.5) is 0 Å². The molecule has 0 saturated carbocycles. The van der Waals surface area contributed by atoms with E-state index >= 15 is 0 Å². The molecule has 2 rings (SSSR count). The smallest absolute Gasteiger partial charge is 0.277 e. The first-order valence-corrected chi connectivity index (χ1v) is 7.76. The van der Waals surface area contributed by atoms with Gasteiger partial charge in [0.05, 0.1) is 6.21 Å². The fourth-order valence-electron chi connectivity index (χ4n) is 1.86. The number of aryl methyl sites for hydroxylation is 1. The summed E-state index contributed by atoms with van der Waals surface area (Å²) in [5.41, 5.74) is 4.96. The van der Waals surface area contributed by atoms with Crippen molar-refractivity contribution in [3.8, 4) is 11.5 Å². The first-order chi connectivity index (χ1) is 11.0. The third-order valence-electron chi connectivity index (χ3n) is 3.30. The zero-order chi connectivity index (χ0) is 16.8. The van der Waals surface area contributed by atoms with E-state index < -0.39 is 0 Å². The van der Waals surface area contributed by atoms with E-state index in [1.54, 1.807) is 12.1 Å². The molecule has 0 aliphatic carbocycles. The van der Waals surface area contributed by atoms with Crippen LogP contribution in [-0.4, -0.2) is 23.8 Å². The van der Waals surface area contributed by atoms with Crippen molar-refractivity contribution in [2.75, 3.05) is 6.61 Å². The molecule has 6 heteroatoms. The van der Waals surface area contributed by atoms with Gasteiger partial charge in [-0.05, 0) is 49.2 Å². The van der Waals surface area contributed by atoms with Gasteiger partial charge in [0.25, 0.3) is 5.91 Å². The van der Waals surface area contributed by atoms with Crippen molar-refractivity contribution in [1.82, 2.24) is 5.43 Å². The minimum atomic E-state index is -0.378. The van der Waals surface area contributed by atoms with Crippen LogP contribution in [0.15, 0.2) is 46.0 Å². The monoisotopic (exact) mass is 376 g/mol. The summed E-state index contributed by atoms with van der Waals surface area (Å²) in [7, 11) is 0. The number of phenols is 1. The second-order valence-electron chi connectivity index (χ2n) is 4.98.